The van der Waals surface area contributed by atoms with E-state index in [9.17, 15) is 4.79 Å². The van der Waals surface area contributed by atoms with E-state index < -0.39 is 6.04 Å². The summed E-state index contributed by atoms with van der Waals surface area (Å²) in [5.74, 6) is -0.251. The number of aromatic nitrogens is 2. The van der Waals surface area contributed by atoms with Gasteiger partial charge in [-0.2, -0.15) is 8.75 Å². The van der Waals surface area contributed by atoms with E-state index in [1.165, 1.54) is 0 Å². The number of halogens is 1. The second-order valence-electron chi connectivity index (χ2n) is 3.94. The first-order valence-electron chi connectivity index (χ1n) is 5.60. The van der Waals surface area contributed by atoms with Crippen LogP contribution in [0.15, 0.2) is 12.1 Å². The van der Waals surface area contributed by atoms with Gasteiger partial charge >= 0.3 is 0 Å². The summed E-state index contributed by atoms with van der Waals surface area (Å²) in [6, 6.07) is 2.92. The van der Waals surface area contributed by atoms with Crippen molar-refractivity contribution < 1.29 is 4.79 Å². The number of benzene rings is 1. The summed E-state index contributed by atoms with van der Waals surface area (Å²) < 4.78 is 8.23. The molecule has 0 saturated heterocycles. The molecule has 0 aliphatic rings. The Morgan fingerprint density at radius 2 is 2.33 bits per heavy atom. The monoisotopic (exact) mass is 284 g/mol. The lowest BCUT2D eigenvalue weighted by molar-refractivity contribution is -0.117. The maximum absolute atomic E-state index is 11.9. The molecule has 1 heterocycles. The Kier molecular flexibility index (Phi) is 4.11. The zero-order valence-electron chi connectivity index (χ0n) is 9.81. The van der Waals surface area contributed by atoms with Gasteiger partial charge in [0.2, 0.25) is 5.91 Å². The van der Waals surface area contributed by atoms with E-state index in [1.807, 2.05) is 6.92 Å². The molecule has 1 aromatic heterocycles. The Balaban J connectivity index is 2.28. The van der Waals surface area contributed by atoms with Crippen LogP contribution >= 0.6 is 23.3 Å². The van der Waals surface area contributed by atoms with Crippen molar-refractivity contribution in [2.24, 2.45) is 5.73 Å². The van der Waals surface area contributed by atoms with E-state index in [-0.39, 0.29) is 5.91 Å². The number of carbonyl (C=O) groups is 1. The van der Waals surface area contributed by atoms with Crippen molar-refractivity contribution in [3.63, 3.8) is 0 Å². The zero-order valence-corrected chi connectivity index (χ0v) is 11.4. The third-order valence-electron chi connectivity index (χ3n) is 2.56. The summed E-state index contributed by atoms with van der Waals surface area (Å²) in [6.45, 7) is 1.98. The van der Waals surface area contributed by atoms with Gasteiger partial charge in [-0.15, -0.1) is 0 Å². The smallest absolute Gasteiger partial charge is 0.241 e. The molecule has 0 unspecified atom stereocenters. The van der Waals surface area contributed by atoms with E-state index in [0.717, 1.165) is 18.1 Å². The summed E-state index contributed by atoms with van der Waals surface area (Å²) >= 11 is 7.15. The van der Waals surface area contributed by atoms with Crippen LogP contribution in [-0.4, -0.2) is 20.7 Å². The van der Waals surface area contributed by atoms with Gasteiger partial charge in [0.1, 0.15) is 11.0 Å². The lowest BCUT2D eigenvalue weighted by Gasteiger charge is -2.12. The molecule has 0 radical (unpaired) electrons. The van der Waals surface area contributed by atoms with Crippen LogP contribution in [0.4, 0.5) is 5.69 Å². The second-order valence-corrected chi connectivity index (χ2v) is 4.87. The highest BCUT2D eigenvalue weighted by atomic mass is 35.5. The summed E-state index contributed by atoms with van der Waals surface area (Å²) in [5, 5.41) is 3.17. The molecule has 0 aliphatic heterocycles. The summed E-state index contributed by atoms with van der Waals surface area (Å²) in [6.07, 6.45) is 1.49. The first-order valence-corrected chi connectivity index (χ1v) is 6.71. The van der Waals surface area contributed by atoms with E-state index in [2.05, 4.69) is 14.1 Å². The van der Waals surface area contributed by atoms with E-state index in [0.29, 0.717) is 28.2 Å². The first-order chi connectivity index (χ1) is 8.63. The Hall–Kier alpha value is -1.24. The number of rotatable bonds is 4. The fourth-order valence-corrected chi connectivity index (χ4v) is 2.35. The quantitative estimate of drug-likeness (QED) is 0.903. The average Bonchev–Trinajstić information content (AvgIpc) is 2.81. The Labute approximate surface area is 114 Å². The number of amides is 1. The van der Waals surface area contributed by atoms with Crippen LogP contribution in [0.1, 0.15) is 19.8 Å². The minimum absolute atomic E-state index is 0.251. The summed E-state index contributed by atoms with van der Waals surface area (Å²) in [5.41, 5.74) is 7.56. The number of hydrogen-bond donors (Lipinski definition) is 2. The molecule has 5 nitrogen and oxygen atoms in total. The third kappa shape index (κ3) is 2.60. The Morgan fingerprint density at radius 1 is 1.56 bits per heavy atom. The Bertz CT molecular complexity index is 571. The topological polar surface area (TPSA) is 80.9 Å². The third-order valence-corrected chi connectivity index (χ3v) is 3.42. The van der Waals surface area contributed by atoms with Crippen LogP contribution < -0.4 is 11.1 Å². The number of nitrogens with zero attached hydrogens (tertiary/aromatic N) is 2. The van der Waals surface area contributed by atoms with Crippen molar-refractivity contribution in [3.05, 3.63) is 17.2 Å². The predicted octanol–water partition coefficient (Wildman–Crippen LogP) is 2.41. The zero-order chi connectivity index (χ0) is 13.1. The first kappa shape index (κ1) is 13.2. The number of hydrogen-bond acceptors (Lipinski definition) is 5. The van der Waals surface area contributed by atoms with Crippen molar-refractivity contribution in [1.82, 2.24) is 8.75 Å². The van der Waals surface area contributed by atoms with Crippen LogP contribution in [0.5, 0.6) is 0 Å². The van der Waals surface area contributed by atoms with E-state index in [4.69, 9.17) is 17.3 Å². The molecule has 7 heteroatoms. The van der Waals surface area contributed by atoms with Crippen molar-refractivity contribution in [2.45, 2.75) is 25.8 Å². The van der Waals surface area contributed by atoms with Crippen LogP contribution in [0.25, 0.3) is 11.0 Å². The molecule has 18 heavy (non-hydrogen) atoms. The fraction of sp³-hybridized carbons (Fsp3) is 0.364. The molecule has 2 rings (SSSR count). The van der Waals surface area contributed by atoms with Gasteiger partial charge in [0.15, 0.2) is 0 Å². The number of anilines is 1. The summed E-state index contributed by atoms with van der Waals surface area (Å²) in [7, 11) is 0. The van der Waals surface area contributed by atoms with Crippen LogP contribution in [-0.2, 0) is 4.79 Å². The highest BCUT2D eigenvalue weighted by Gasteiger charge is 2.17. The van der Waals surface area contributed by atoms with Crippen molar-refractivity contribution in [2.75, 3.05) is 5.32 Å². The molecule has 1 aromatic carbocycles. The maximum Gasteiger partial charge on any atom is 0.241 e. The minimum Gasteiger partial charge on any atom is -0.322 e. The highest BCUT2D eigenvalue weighted by molar-refractivity contribution is 7.00. The van der Waals surface area contributed by atoms with Gasteiger partial charge < -0.3 is 11.1 Å². The molecule has 96 valence electrons. The molecule has 2 aromatic rings. The van der Waals surface area contributed by atoms with Crippen molar-refractivity contribution in [1.29, 1.82) is 0 Å². The largest absolute Gasteiger partial charge is 0.322 e. The number of nitrogens with one attached hydrogen (secondary N) is 1. The SMILES string of the molecule is CCC[C@@H](N)C(=O)Nc1c(Cl)ccc2nsnc12. The van der Waals surface area contributed by atoms with Crippen molar-refractivity contribution in [3.8, 4) is 0 Å². The van der Waals surface area contributed by atoms with Gasteiger partial charge in [0.05, 0.1) is 28.5 Å². The average molecular weight is 285 g/mol. The molecule has 1 amide bonds. The molecular weight excluding hydrogens is 272 g/mol. The van der Waals surface area contributed by atoms with Gasteiger partial charge in [-0.05, 0) is 18.6 Å². The second kappa shape index (κ2) is 5.60. The van der Waals surface area contributed by atoms with Crippen molar-refractivity contribution >= 4 is 46.0 Å². The molecule has 0 fully saturated rings. The van der Waals surface area contributed by atoms with E-state index in [1.54, 1.807) is 12.1 Å². The fourth-order valence-electron chi connectivity index (χ4n) is 1.60. The lowest BCUT2D eigenvalue weighted by Crippen LogP contribution is -2.35. The number of nitrogens with two attached hydrogens (primary N) is 1. The molecule has 0 saturated carbocycles. The van der Waals surface area contributed by atoms with Gasteiger partial charge in [0, 0.05) is 0 Å². The Morgan fingerprint density at radius 3 is 3.06 bits per heavy atom. The van der Waals surface area contributed by atoms with E-state index >= 15 is 0 Å². The van der Waals surface area contributed by atoms with Gasteiger partial charge in [-0.25, -0.2) is 0 Å². The maximum atomic E-state index is 11.9. The highest BCUT2D eigenvalue weighted by Crippen LogP contribution is 2.29. The number of fused-ring (bicyclic) bond motifs is 1. The minimum atomic E-state index is -0.534. The predicted molar refractivity (Wildman–Crippen MR) is 73.9 cm³/mol. The van der Waals surface area contributed by atoms with Crippen LogP contribution in [0, 0.1) is 0 Å². The standard InChI is InChI=1S/C11H13ClN4OS/c1-2-3-7(13)11(17)14-9-6(12)4-5-8-10(9)16-18-15-8/h4-5,7H,2-3,13H2,1H3,(H,14,17)/t7-/m1/s1. The molecular formula is C11H13ClN4OS. The van der Waals surface area contributed by atoms with Crippen LogP contribution in [0.2, 0.25) is 5.02 Å². The summed E-state index contributed by atoms with van der Waals surface area (Å²) in [4.78, 5) is 11.9. The number of carbonyl (C=O) groups excluding carboxylic acids is 1. The molecule has 0 aliphatic carbocycles. The van der Waals surface area contributed by atoms with Gasteiger partial charge in [-0.1, -0.05) is 24.9 Å². The van der Waals surface area contributed by atoms with Gasteiger partial charge in [0.25, 0.3) is 0 Å². The molecule has 1 atom stereocenters. The molecule has 3 N–H and O–H groups in total. The molecule has 0 spiro atoms. The van der Waals surface area contributed by atoms with Crippen LogP contribution in [0.3, 0.4) is 0 Å². The normalized spacial score (nSPS) is 12.6. The van der Waals surface area contributed by atoms with Gasteiger partial charge in [-0.3, -0.25) is 4.79 Å². The lowest BCUT2D eigenvalue weighted by atomic mass is 10.1. The molecule has 0 bridgehead atoms.